The normalized spacial score (nSPS) is 17.2. The highest BCUT2D eigenvalue weighted by atomic mass is 16.5. The fraction of sp³-hybridized carbons (Fsp3) is 0.474. The van der Waals surface area contributed by atoms with E-state index in [1.165, 1.54) is 6.33 Å². The van der Waals surface area contributed by atoms with Gasteiger partial charge in [-0.15, -0.1) is 0 Å². The van der Waals surface area contributed by atoms with Crippen LogP contribution in [0.4, 0.5) is 0 Å². The molecule has 3 rings (SSSR count). The van der Waals surface area contributed by atoms with Crippen molar-refractivity contribution in [3.05, 3.63) is 36.2 Å². The van der Waals surface area contributed by atoms with E-state index in [0.717, 1.165) is 11.4 Å². The maximum Gasteiger partial charge on any atom is 0.251 e. The summed E-state index contributed by atoms with van der Waals surface area (Å²) in [6.45, 7) is 7.59. The molecule has 0 unspecified atom stereocenters. The molecule has 0 saturated carbocycles. The average Bonchev–Trinajstić information content (AvgIpc) is 3.16. The number of morpholine rings is 1. The summed E-state index contributed by atoms with van der Waals surface area (Å²) in [4.78, 5) is 29.9. The second-order valence-corrected chi connectivity index (χ2v) is 6.87. The molecule has 8 nitrogen and oxygen atoms in total. The van der Waals surface area contributed by atoms with Gasteiger partial charge in [-0.3, -0.25) is 9.59 Å². The molecule has 0 spiro atoms. The quantitative estimate of drug-likeness (QED) is 0.860. The number of nitrogens with zero attached hydrogens (tertiary/aromatic N) is 4. The third kappa shape index (κ3) is 4.51. The minimum absolute atomic E-state index is 0.0273. The number of ether oxygens (including phenoxy) is 1. The van der Waals surface area contributed by atoms with Crippen molar-refractivity contribution in [3.8, 4) is 11.4 Å². The maximum absolute atomic E-state index is 12.4. The number of amides is 2. The minimum atomic E-state index is -0.185. The van der Waals surface area contributed by atoms with E-state index >= 15 is 0 Å². The van der Waals surface area contributed by atoms with Gasteiger partial charge in [-0.05, 0) is 26.0 Å². The van der Waals surface area contributed by atoms with Crippen molar-refractivity contribution in [2.45, 2.75) is 32.9 Å². The Labute approximate surface area is 158 Å². The van der Waals surface area contributed by atoms with Gasteiger partial charge in [-0.2, -0.15) is 5.10 Å². The van der Waals surface area contributed by atoms with Crippen LogP contribution in [0.2, 0.25) is 0 Å². The molecule has 1 aromatic carbocycles. The molecule has 0 radical (unpaired) electrons. The van der Waals surface area contributed by atoms with Crippen LogP contribution in [-0.2, 0) is 9.53 Å². The summed E-state index contributed by atoms with van der Waals surface area (Å²) >= 11 is 0. The minimum Gasteiger partial charge on any atom is -0.373 e. The lowest BCUT2D eigenvalue weighted by Gasteiger charge is -2.32. The van der Waals surface area contributed by atoms with E-state index in [1.54, 1.807) is 24.0 Å². The molecule has 27 heavy (non-hydrogen) atoms. The SMILES string of the molecule is CC(=O)N1CCO[C@H](CNC(=O)c2ccc(-c3ncnn3C(C)C)cc2)C1. The van der Waals surface area contributed by atoms with Crippen LogP contribution in [0.25, 0.3) is 11.4 Å². The third-order valence-corrected chi connectivity index (χ3v) is 4.54. The predicted octanol–water partition coefficient (Wildman–Crippen LogP) is 1.50. The molecule has 0 bridgehead atoms. The molecular formula is C19H25N5O3. The van der Waals surface area contributed by atoms with Gasteiger partial charge in [0, 0.05) is 43.7 Å². The standard InChI is InChI=1S/C19H25N5O3/c1-13(2)24-18(21-12-22-24)15-4-6-16(7-5-15)19(26)20-10-17-11-23(14(3)25)8-9-27-17/h4-7,12-13,17H,8-11H2,1-3H3,(H,20,26)/t17-/m1/s1. The number of carbonyl (C=O) groups is 2. The van der Waals surface area contributed by atoms with Crippen LogP contribution in [-0.4, -0.2) is 63.8 Å². The Morgan fingerprint density at radius 2 is 2.04 bits per heavy atom. The van der Waals surface area contributed by atoms with E-state index in [9.17, 15) is 9.59 Å². The van der Waals surface area contributed by atoms with Crippen LogP contribution in [0.1, 0.15) is 37.2 Å². The monoisotopic (exact) mass is 371 g/mol. The van der Waals surface area contributed by atoms with Crippen LogP contribution in [0.5, 0.6) is 0 Å². The van der Waals surface area contributed by atoms with E-state index in [2.05, 4.69) is 15.4 Å². The summed E-state index contributed by atoms with van der Waals surface area (Å²) in [6, 6.07) is 7.48. The molecule has 1 fully saturated rings. The predicted molar refractivity (Wildman–Crippen MR) is 100 cm³/mol. The van der Waals surface area contributed by atoms with Crippen LogP contribution >= 0.6 is 0 Å². The fourth-order valence-electron chi connectivity index (χ4n) is 3.04. The average molecular weight is 371 g/mol. The molecule has 8 heteroatoms. The highest BCUT2D eigenvalue weighted by molar-refractivity contribution is 5.94. The number of hydrogen-bond donors (Lipinski definition) is 1. The highest BCUT2D eigenvalue weighted by Crippen LogP contribution is 2.20. The number of rotatable bonds is 5. The first-order valence-corrected chi connectivity index (χ1v) is 9.11. The molecular weight excluding hydrogens is 346 g/mol. The number of benzene rings is 1. The molecule has 2 heterocycles. The van der Waals surface area contributed by atoms with Crippen molar-refractivity contribution in [3.63, 3.8) is 0 Å². The number of carbonyl (C=O) groups excluding carboxylic acids is 2. The highest BCUT2D eigenvalue weighted by Gasteiger charge is 2.22. The van der Waals surface area contributed by atoms with Crippen LogP contribution in [0, 0.1) is 0 Å². The van der Waals surface area contributed by atoms with Crippen molar-refractivity contribution >= 4 is 11.8 Å². The second-order valence-electron chi connectivity index (χ2n) is 6.87. The lowest BCUT2D eigenvalue weighted by atomic mass is 10.1. The summed E-state index contributed by atoms with van der Waals surface area (Å²) in [5.41, 5.74) is 1.47. The van der Waals surface area contributed by atoms with Gasteiger partial charge in [-0.1, -0.05) is 12.1 Å². The van der Waals surface area contributed by atoms with Gasteiger partial charge in [0.15, 0.2) is 5.82 Å². The van der Waals surface area contributed by atoms with Gasteiger partial charge >= 0.3 is 0 Å². The molecule has 1 aromatic heterocycles. The molecule has 144 valence electrons. The summed E-state index contributed by atoms with van der Waals surface area (Å²) in [6.07, 6.45) is 1.35. The van der Waals surface area contributed by atoms with Crippen molar-refractivity contribution < 1.29 is 14.3 Å². The number of hydrogen-bond acceptors (Lipinski definition) is 5. The number of nitrogens with one attached hydrogen (secondary N) is 1. The largest absolute Gasteiger partial charge is 0.373 e. The zero-order valence-electron chi connectivity index (χ0n) is 15.9. The van der Waals surface area contributed by atoms with Crippen molar-refractivity contribution in [1.82, 2.24) is 25.0 Å². The van der Waals surface area contributed by atoms with Crippen LogP contribution in [0.3, 0.4) is 0 Å². The molecule has 1 aliphatic heterocycles. The van der Waals surface area contributed by atoms with Gasteiger partial charge in [0.05, 0.1) is 12.7 Å². The maximum atomic E-state index is 12.4. The van der Waals surface area contributed by atoms with Crippen LogP contribution < -0.4 is 5.32 Å². The van der Waals surface area contributed by atoms with E-state index in [0.29, 0.717) is 31.8 Å². The Bertz CT molecular complexity index is 800. The van der Waals surface area contributed by atoms with Gasteiger partial charge in [0.25, 0.3) is 5.91 Å². The Hall–Kier alpha value is -2.74. The summed E-state index contributed by atoms with van der Waals surface area (Å²) in [7, 11) is 0. The van der Waals surface area contributed by atoms with Gasteiger partial charge in [0.2, 0.25) is 5.91 Å². The smallest absolute Gasteiger partial charge is 0.251 e. The first-order valence-electron chi connectivity index (χ1n) is 9.11. The molecule has 1 N–H and O–H groups in total. The summed E-state index contributed by atoms with van der Waals surface area (Å²) in [5.74, 6) is 0.631. The van der Waals surface area contributed by atoms with Gasteiger partial charge in [0.1, 0.15) is 6.33 Å². The van der Waals surface area contributed by atoms with E-state index in [-0.39, 0.29) is 24.0 Å². The molecule has 1 aliphatic rings. The topological polar surface area (TPSA) is 89.3 Å². The van der Waals surface area contributed by atoms with E-state index in [4.69, 9.17) is 4.74 Å². The lowest BCUT2D eigenvalue weighted by Crippen LogP contribution is -2.49. The zero-order valence-corrected chi connectivity index (χ0v) is 15.9. The van der Waals surface area contributed by atoms with Gasteiger partial charge < -0.3 is 15.0 Å². The second kappa shape index (κ2) is 8.30. The Kier molecular flexibility index (Phi) is 5.85. The van der Waals surface area contributed by atoms with E-state index < -0.39 is 0 Å². The van der Waals surface area contributed by atoms with Crippen molar-refractivity contribution in [2.24, 2.45) is 0 Å². The molecule has 2 amide bonds. The Balaban J connectivity index is 1.59. The molecule has 1 atom stereocenters. The Morgan fingerprint density at radius 1 is 1.30 bits per heavy atom. The van der Waals surface area contributed by atoms with Gasteiger partial charge in [-0.25, -0.2) is 9.67 Å². The van der Waals surface area contributed by atoms with E-state index in [1.807, 2.05) is 30.7 Å². The zero-order chi connectivity index (χ0) is 19.4. The van der Waals surface area contributed by atoms with Crippen molar-refractivity contribution in [1.29, 1.82) is 0 Å². The first-order chi connectivity index (χ1) is 13.0. The Morgan fingerprint density at radius 3 is 2.70 bits per heavy atom. The van der Waals surface area contributed by atoms with Crippen molar-refractivity contribution in [2.75, 3.05) is 26.2 Å². The number of aromatic nitrogens is 3. The first kappa shape index (κ1) is 19.0. The molecule has 1 saturated heterocycles. The molecule has 0 aliphatic carbocycles. The third-order valence-electron chi connectivity index (χ3n) is 4.54. The summed E-state index contributed by atoms with van der Waals surface area (Å²) < 4.78 is 7.47. The molecule has 2 aromatic rings. The lowest BCUT2D eigenvalue weighted by molar-refractivity contribution is -0.136. The summed E-state index contributed by atoms with van der Waals surface area (Å²) in [5, 5.41) is 7.11. The van der Waals surface area contributed by atoms with Crippen LogP contribution in [0.15, 0.2) is 30.6 Å². The fourth-order valence-corrected chi connectivity index (χ4v) is 3.04.